The first-order chi connectivity index (χ1) is 16.4. The van der Waals surface area contributed by atoms with Gasteiger partial charge in [0.05, 0.1) is 31.7 Å². The molecule has 172 valence electrons. The summed E-state index contributed by atoms with van der Waals surface area (Å²) in [6, 6.07) is 11.1. The number of aryl methyl sites for hydroxylation is 1. The third kappa shape index (κ3) is 3.52. The maximum atomic E-state index is 12.8. The second kappa shape index (κ2) is 8.38. The van der Waals surface area contributed by atoms with Crippen molar-refractivity contribution in [1.29, 1.82) is 5.41 Å². The quantitative estimate of drug-likeness (QED) is 0.550. The Balaban J connectivity index is 1.55. The van der Waals surface area contributed by atoms with Crippen LogP contribution in [-0.4, -0.2) is 45.7 Å². The number of nitrogens with one attached hydrogen (secondary N) is 1. The molecule has 0 spiro atoms. The molecule has 10 heteroatoms. The smallest absolute Gasteiger partial charge is 0.283 e. The molecule has 9 nitrogen and oxygen atoms in total. The van der Waals surface area contributed by atoms with Crippen molar-refractivity contribution in [2.45, 2.75) is 13.8 Å². The number of hydrogen-bond acceptors (Lipinski definition) is 7. The number of nitrogens with zero attached hydrogens (tertiary/aromatic N) is 4. The highest BCUT2D eigenvalue weighted by Gasteiger charge is 2.37. The van der Waals surface area contributed by atoms with Crippen molar-refractivity contribution in [3.8, 4) is 17.2 Å². The van der Waals surface area contributed by atoms with Crippen molar-refractivity contribution < 1.29 is 18.7 Å². The predicted octanol–water partition coefficient (Wildman–Crippen LogP) is 4.37. The lowest BCUT2D eigenvalue weighted by molar-refractivity contribution is -0.114. The number of aliphatic imine (C=N–C) groups is 1. The second-order valence-corrected chi connectivity index (χ2v) is 8.56. The standard InChI is InChI=1S/C24H21N5O4S/c1-13-10-15(14(2)28(13)18-12-16(31-3)7-8-19(18)32-4)11-17-21(25)29-24(26-22(17)30)34-23(27-29)20-6-5-9-33-20/h5-12,25H,1-4H3/b17-11-,25-21?. The molecule has 2 aliphatic rings. The molecule has 34 heavy (non-hydrogen) atoms. The van der Waals surface area contributed by atoms with E-state index in [-0.39, 0.29) is 11.4 Å². The number of methoxy groups -OCH3 is 2. The van der Waals surface area contributed by atoms with Gasteiger partial charge in [0.2, 0.25) is 5.17 Å². The Morgan fingerprint density at radius 2 is 1.97 bits per heavy atom. The van der Waals surface area contributed by atoms with Gasteiger partial charge >= 0.3 is 0 Å². The first kappa shape index (κ1) is 21.8. The molecule has 0 saturated carbocycles. The van der Waals surface area contributed by atoms with Crippen LogP contribution in [0.5, 0.6) is 11.5 Å². The Hall–Kier alpha value is -4.05. The summed E-state index contributed by atoms with van der Waals surface area (Å²) in [5.74, 6) is 1.43. The minimum atomic E-state index is -0.483. The summed E-state index contributed by atoms with van der Waals surface area (Å²) in [5, 5.41) is 15.3. The Labute approximate surface area is 199 Å². The van der Waals surface area contributed by atoms with Gasteiger partial charge in [0.25, 0.3) is 5.91 Å². The number of benzene rings is 1. The normalized spacial score (nSPS) is 16.6. The van der Waals surface area contributed by atoms with Crippen LogP contribution in [0, 0.1) is 19.3 Å². The zero-order valence-electron chi connectivity index (χ0n) is 18.9. The van der Waals surface area contributed by atoms with Crippen molar-refractivity contribution in [2.75, 3.05) is 14.2 Å². The Bertz CT molecular complexity index is 1420. The van der Waals surface area contributed by atoms with E-state index in [2.05, 4.69) is 10.1 Å². The van der Waals surface area contributed by atoms with Crippen molar-refractivity contribution in [1.82, 2.24) is 9.58 Å². The first-order valence-corrected chi connectivity index (χ1v) is 11.2. The molecule has 1 aromatic carbocycles. The fraction of sp³-hybridized carbons (Fsp3) is 0.167. The molecule has 0 radical (unpaired) electrons. The Morgan fingerprint density at radius 3 is 2.68 bits per heavy atom. The molecule has 0 fully saturated rings. The van der Waals surface area contributed by atoms with E-state index in [1.54, 1.807) is 38.7 Å². The average molecular weight is 476 g/mol. The molecule has 0 aliphatic carbocycles. The Kier molecular flexibility index (Phi) is 5.37. The van der Waals surface area contributed by atoms with Crippen molar-refractivity contribution >= 4 is 39.8 Å². The lowest BCUT2D eigenvalue weighted by Gasteiger charge is -2.20. The largest absolute Gasteiger partial charge is 0.497 e. The van der Waals surface area contributed by atoms with Gasteiger partial charge in [0.15, 0.2) is 16.6 Å². The third-order valence-electron chi connectivity index (χ3n) is 5.58. The molecule has 2 aliphatic heterocycles. The van der Waals surface area contributed by atoms with Crippen LogP contribution < -0.4 is 9.47 Å². The number of thioether (sulfide) groups is 1. The van der Waals surface area contributed by atoms with Crippen LogP contribution in [0.25, 0.3) is 11.8 Å². The molecule has 0 bridgehead atoms. The summed E-state index contributed by atoms with van der Waals surface area (Å²) in [5.41, 5.74) is 3.57. The van der Waals surface area contributed by atoms with E-state index in [1.807, 2.05) is 42.7 Å². The maximum Gasteiger partial charge on any atom is 0.283 e. The number of amidine groups is 2. The lowest BCUT2D eigenvalue weighted by Crippen LogP contribution is -2.35. The molecule has 4 heterocycles. The van der Waals surface area contributed by atoms with Gasteiger partial charge < -0.3 is 18.5 Å². The van der Waals surface area contributed by atoms with Gasteiger partial charge in [0, 0.05) is 17.5 Å². The molecule has 3 aromatic rings. The van der Waals surface area contributed by atoms with E-state index in [0.717, 1.165) is 22.6 Å². The lowest BCUT2D eigenvalue weighted by atomic mass is 10.1. The summed E-state index contributed by atoms with van der Waals surface area (Å²) < 4.78 is 18.4. The first-order valence-electron chi connectivity index (χ1n) is 10.4. The predicted molar refractivity (Wildman–Crippen MR) is 131 cm³/mol. The zero-order valence-corrected chi connectivity index (χ0v) is 19.8. The number of carbonyl (C=O) groups is 1. The highest BCUT2D eigenvalue weighted by atomic mass is 32.2. The van der Waals surface area contributed by atoms with E-state index in [9.17, 15) is 4.79 Å². The van der Waals surface area contributed by atoms with Gasteiger partial charge in [-0.3, -0.25) is 10.2 Å². The van der Waals surface area contributed by atoms with E-state index in [0.29, 0.717) is 27.5 Å². The van der Waals surface area contributed by atoms with Gasteiger partial charge in [0.1, 0.15) is 11.5 Å². The minimum absolute atomic E-state index is 0.0344. The average Bonchev–Trinajstić information content (AvgIpc) is 3.56. The van der Waals surface area contributed by atoms with Crippen molar-refractivity contribution in [3.63, 3.8) is 0 Å². The van der Waals surface area contributed by atoms with Crippen molar-refractivity contribution in [2.24, 2.45) is 10.1 Å². The number of fused-ring (bicyclic) bond motifs is 1. The summed E-state index contributed by atoms with van der Waals surface area (Å²) in [7, 11) is 3.23. The number of rotatable bonds is 5. The molecule has 0 saturated heterocycles. The number of furan rings is 1. The number of hydrogen-bond donors (Lipinski definition) is 1. The number of aromatic nitrogens is 1. The molecule has 1 N–H and O–H groups in total. The molecule has 1 amide bonds. The van der Waals surface area contributed by atoms with Crippen LogP contribution in [0.3, 0.4) is 0 Å². The van der Waals surface area contributed by atoms with Gasteiger partial charge in [-0.25, -0.2) is 0 Å². The van der Waals surface area contributed by atoms with Gasteiger partial charge in [-0.2, -0.15) is 15.1 Å². The van der Waals surface area contributed by atoms with E-state index in [1.165, 1.54) is 16.8 Å². The number of amides is 1. The zero-order chi connectivity index (χ0) is 24.0. The molecule has 0 atom stereocenters. The van der Waals surface area contributed by atoms with Crippen LogP contribution in [0.4, 0.5) is 0 Å². The highest BCUT2D eigenvalue weighted by Crippen LogP contribution is 2.34. The number of ether oxygens (including phenoxy) is 2. The van der Waals surface area contributed by atoms with Crippen LogP contribution in [0.2, 0.25) is 0 Å². The number of carbonyl (C=O) groups excluding carboxylic acids is 1. The summed E-state index contributed by atoms with van der Waals surface area (Å²) in [6.07, 6.45) is 3.23. The van der Waals surface area contributed by atoms with Crippen molar-refractivity contribution in [3.05, 3.63) is 70.9 Å². The van der Waals surface area contributed by atoms with Crippen LogP contribution in [0.1, 0.15) is 22.7 Å². The molecule has 2 aromatic heterocycles. The van der Waals surface area contributed by atoms with Crippen LogP contribution in [-0.2, 0) is 4.79 Å². The third-order valence-corrected chi connectivity index (χ3v) is 6.51. The van der Waals surface area contributed by atoms with Gasteiger partial charge in [-0.05, 0) is 67.6 Å². The Morgan fingerprint density at radius 1 is 1.15 bits per heavy atom. The molecular formula is C24H21N5O4S. The van der Waals surface area contributed by atoms with E-state index < -0.39 is 5.91 Å². The fourth-order valence-electron chi connectivity index (χ4n) is 3.92. The van der Waals surface area contributed by atoms with Gasteiger partial charge in [-0.15, -0.1) is 0 Å². The number of hydrazone groups is 1. The summed E-state index contributed by atoms with van der Waals surface area (Å²) in [4.78, 5) is 17.0. The van der Waals surface area contributed by atoms with E-state index >= 15 is 0 Å². The fourth-order valence-corrected chi connectivity index (χ4v) is 4.78. The van der Waals surface area contributed by atoms with Gasteiger partial charge in [-0.1, -0.05) is 0 Å². The summed E-state index contributed by atoms with van der Waals surface area (Å²) >= 11 is 1.20. The van der Waals surface area contributed by atoms with Crippen LogP contribution in [0.15, 0.2) is 62.7 Å². The second-order valence-electron chi connectivity index (χ2n) is 7.60. The van der Waals surface area contributed by atoms with Crippen LogP contribution >= 0.6 is 11.8 Å². The molecule has 5 rings (SSSR count). The minimum Gasteiger partial charge on any atom is -0.497 e. The summed E-state index contributed by atoms with van der Waals surface area (Å²) in [6.45, 7) is 3.91. The SMILES string of the molecule is COc1ccc(OC)c(-n2c(C)cc(/C=C3/C(=N)N4N=C(c5ccco5)SC4=NC3=O)c2C)c1. The maximum absolute atomic E-state index is 12.8. The van der Waals surface area contributed by atoms with E-state index in [4.69, 9.17) is 19.3 Å². The monoisotopic (exact) mass is 475 g/mol. The molecule has 0 unspecified atom stereocenters. The topological polar surface area (TPSA) is 105 Å². The highest BCUT2D eigenvalue weighted by molar-refractivity contribution is 8.27. The molecular weight excluding hydrogens is 454 g/mol.